The Bertz CT molecular complexity index is 918. The van der Waals surface area contributed by atoms with Crippen LogP contribution in [0, 0.1) is 13.8 Å². The van der Waals surface area contributed by atoms with Gasteiger partial charge in [-0.1, -0.05) is 47.5 Å². The zero-order chi connectivity index (χ0) is 18.7. The Morgan fingerprint density at radius 1 is 0.885 bits per heavy atom. The molecule has 7 heteroatoms. The molecule has 0 saturated heterocycles. The molecule has 0 bridgehead atoms. The van der Waals surface area contributed by atoms with Gasteiger partial charge >= 0.3 is 0 Å². The summed E-state index contributed by atoms with van der Waals surface area (Å²) in [5, 5.41) is 6.77. The number of halogens is 2. The molecule has 3 aromatic rings. The van der Waals surface area contributed by atoms with Crippen molar-refractivity contribution in [3.8, 4) is 0 Å². The average Bonchev–Trinajstić information content (AvgIpc) is 2.62. The summed E-state index contributed by atoms with van der Waals surface area (Å²) in [6, 6.07) is 11.0. The minimum Gasteiger partial charge on any atom is -0.322 e. The topological polar surface area (TPSA) is 66.9 Å². The maximum Gasteiger partial charge on any atom is 0.258 e. The molecule has 0 unspecified atom stereocenters. The third-order valence-electron chi connectivity index (χ3n) is 3.83. The zero-order valence-corrected chi connectivity index (χ0v) is 15.7. The smallest absolute Gasteiger partial charge is 0.258 e. The predicted molar refractivity (Wildman–Crippen MR) is 106 cm³/mol. The number of carbonyl (C=O) groups excluding carboxylic acids is 1. The quantitative estimate of drug-likeness (QED) is 0.629. The molecule has 0 radical (unpaired) electrons. The molecule has 0 spiro atoms. The third-order valence-corrected chi connectivity index (χ3v) is 4.46. The van der Waals surface area contributed by atoms with E-state index in [1.165, 1.54) is 12.4 Å². The molecule has 2 aromatic carbocycles. The second kappa shape index (κ2) is 7.72. The van der Waals surface area contributed by atoms with Gasteiger partial charge in [0.15, 0.2) is 0 Å². The lowest BCUT2D eigenvalue weighted by atomic mass is 10.1. The van der Waals surface area contributed by atoms with Crippen molar-refractivity contribution in [2.75, 3.05) is 10.6 Å². The number of rotatable bonds is 4. The largest absolute Gasteiger partial charge is 0.322 e. The van der Waals surface area contributed by atoms with Crippen LogP contribution in [0.15, 0.2) is 48.8 Å². The Labute approximate surface area is 161 Å². The van der Waals surface area contributed by atoms with Crippen LogP contribution in [-0.2, 0) is 0 Å². The Morgan fingerprint density at radius 2 is 1.42 bits per heavy atom. The summed E-state index contributed by atoms with van der Waals surface area (Å²) in [7, 11) is 0. The Morgan fingerprint density at radius 3 is 2.00 bits per heavy atom. The Kier molecular flexibility index (Phi) is 5.40. The van der Waals surface area contributed by atoms with Gasteiger partial charge in [-0.05, 0) is 37.1 Å². The lowest BCUT2D eigenvalue weighted by molar-refractivity contribution is 0.102. The molecule has 1 heterocycles. The summed E-state index contributed by atoms with van der Waals surface area (Å²) in [6.07, 6.45) is 2.89. The van der Waals surface area contributed by atoms with Gasteiger partial charge in [-0.3, -0.25) is 4.79 Å². The number of benzene rings is 2. The fraction of sp³-hybridized carbons (Fsp3) is 0.105. The lowest BCUT2D eigenvalue weighted by Gasteiger charge is -2.12. The normalized spacial score (nSPS) is 10.5. The molecule has 0 aliphatic heterocycles. The number of amides is 1. The van der Waals surface area contributed by atoms with Crippen LogP contribution in [0.1, 0.15) is 21.5 Å². The van der Waals surface area contributed by atoms with E-state index in [2.05, 4.69) is 20.6 Å². The second-order valence-electron chi connectivity index (χ2n) is 5.74. The van der Waals surface area contributed by atoms with Gasteiger partial charge in [0.05, 0.1) is 21.3 Å². The number of nitrogens with zero attached hydrogens (tertiary/aromatic N) is 2. The van der Waals surface area contributed by atoms with E-state index in [1.807, 2.05) is 32.0 Å². The Balaban J connectivity index is 1.76. The van der Waals surface area contributed by atoms with E-state index in [0.29, 0.717) is 27.2 Å². The average molecular weight is 387 g/mol. The van der Waals surface area contributed by atoms with Gasteiger partial charge in [-0.15, -0.1) is 0 Å². The Hall–Kier alpha value is -2.63. The standard InChI is InChI=1S/C19H16Cl2N4O/c1-11-5-3-6-12(2)16(11)24-18(26)13-9-22-19(23-10-13)25-17-14(20)7-4-8-15(17)21/h3-10H,1-2H3,(H,24,26)(H,22,23,25). The van der Waals surface area contributed by atoms with Crippen LogP contribution in [0.5, 0.6) is 0 Å². The van der Waals surface area contributed by atoms with Crippen LogP contribution in [-0.4, -0.2) is 15.9 Å². The van der Waals surface area contributed by atoms with Crippen LogP contribution in [0.3, 0.4) is 0 Å². The SMILES string of the molecule is Cc1cccc(C)c1NC(=O)c1cnc(Nc2c(Cl)cccc2Cl)nc1. The van der Waals surface area contributed by atoms with Gasteiger partial charge in [-0.2, -0.15) is 0 Å². The van der Waals surface area contributed by atoms with Gasteiger partial charge in [0.2, 0.25) is 5.95 Å². The van der Waals surface area contributed by atoms with E-state index in [0.717, 1.165) is 16.8 Å². The van der Waals surface area contributed by atoms with E-state index in [4.69, 9.17) is 23.2 Å². The summed E-state index contributed by atoms with van der Waals surface area (Å²) in [5.41, 5.74) is 3.64. The van der Waals surface area contributed by atoms with Crippen molar-refractivity contribution in [1.82, 2.24) is 9.97 Å². The first-order valence-electron chi connectivity index (χ1n) is 7.86. The molecule has 0 fully saturated rings. The lowest BCUT2D eigenvalue weighted by Crippen LogP contribution is -2.14. The van der Waals surface area contributed by atoms with Crippen molar-refractivity contribution in [1.29, 1.82) is 0 Å². The summed E-state index contributed by atoms with van der Waals surface area (Å²) in [6.45, 7) is 3.89. The van der Waals surface area contributed by atoms with E-state index in [-0.39, 0.29) is 5.91 Å². The van der Waals surface area contributed by atoms with E-state index in [1.54, 1.807) is 18.2 Å². The van der Waals surface area contributed by atoms with Crippen molar-refractivity contribution >= 4 is 46.4 Å². The van der Waals surface area contributed by atoms with Crippen LogP contribution in [0.25, 0.3) is 0 Å². The van der Waals surface area contributed by atoms with Crippen molar-refractivity contribution in [3.63, 3.8) is 0 Å². The molecular weight excluding hydrogens is 371 g/mol. The highest BCUT2D eigenvalue weighted by Crippen LogP contribution is 2.31. The number of anilines is 3. The molecule has 26 heavy (non-hydrogen) atoms. The van der Waals surface area contributed by atoms with Gasteiger partial charge < -0.3 is 10.6 Å². The third kappa shape index (κ3) is 3.95. The molecule has 3 rings (SSSR count). The number of hydrogen-bond donors (Lipinski definition) is 2. The van der Waals surface area contributed by atoms with Crippen molar-refractivity contribution < 1.29 is 4.79 Å². The highest BCUT2D eigenvalue weighted by molar-refractivity contribution is 6.39. The van der Waals surface area contributed by atoms with Crippen LogP contribution >= 0.6 is 23.2 Å². The first-order valence-corrected chi connectivity index (χ1v) is 8.62. The molecule has 0 aliphatic rings. The minimum atomic E-state index is -0.273. The summed E-state index contributed by atoms with van der Waals surface area (Å²) < 4.78 is 0. The summed E-state index contributed by atoms with van der Waals surface area (Å²) >= 11 is 12.2. The molecule has 0 atom stereocenters. The minimum absolute atomic E-state index is 0.273. The fourth-order valence-corrected chi connectivity index (χ4v) is 2.93. The van der Waals surface area contributed by atoms with Crippen molar-refractivity contribution in [3.05, 3.63) is 75.5 Å². The molecule has 0 saturated carbocycles. The van der Waals surface area contributed by atoms with Crippen LogP contribution < -0.4 is 10.6 Å². The summed E-state index contributed by atoms with van der Waals surface area (Å²) in [4.78, 5) is 20.8. The van der Waals surface area contributed by atoms with Gasteiger partial charge in [0.25, 0.3) is 5.91 Å². The van der Waals surface area contributed by atoms with Gasteiger partial charge in [-0.25, -0.2) is 9.97 Å². The number of aromatic nitrogens is 2. The molecule has 1 amide bonds. The van der Waals surface area contributed by atoms with Crippen molar-refractivity contribution in [2.45, 2.75) is 13.8 Å². The first kappa shape index (κ1) is 18.2. The monoisotopic (exact) mass is 386 g/mol. The maximum absolute atomic E-state index is 12.4. The highest BCUT2D eigenvalue weighted by atomic mass is 35.5. The molecule has 5 nitrogen and oxygen atoms in total. The van der Waals surface area contributed by atoms with E-state index < -0.39 is 0 Å². The van der Waals surface area contributed by atoms with Gasteiger partial charge in [0.1, 0.15) is 0 Å². The molecule has 1 aromatic heterocycles. The first-order chi connectivity index (χ1) is 12.5. The molecular formula is C19H16Cl2N4O. The number of nitrogens with one attached hydrogen (secondary N) is 2. The number of carbonyl (C=O) groups is 1. The maximum atomic E-state index is 12.4. The summed E-state index contributed by atoms with van der Waals surface area (Å²) in [5.74, 6) is 0.0216. The molecule has 0 aliphatic carbocycles. The number of aryl methyl sites for hydroxylation is 2. The highest BCUT2D eigenvalue weighted by Gasteiger charge is 2.12. The van der Waals surface area contributed by atoms with Crippen LogP contribution in [0.4, 0.5) is 17.3 Å². The van der Waals surface area contributed by atoms with Crippen LogP contribution in [0.2, 0.25) is 10.0 Å². The number of para-hydroxylation sites is 2. The number of hydrogen-bond acceptors (Lipinski definition) is 4. The fourth-order valence-electron chi connectivity index (χ4n) is 2.44. The van der Waals surface area contributed by atoms with Gasteiger partial charge in [0, 0.05) is 18.1 Å². The second-order valence-corrected chi connectivity index (χ2v) is 6.55. The molecule has 132 valence electrons. The van der Waals surface area contributed by atoms with E-state index >= 15 is 0 Å². The van der Waals surface area contributed by atoms with Crippen molar-refractivity contribution in [2.24, 2.45) is 0 Å². The zero-order valence-electron chi connectivity index (χ0n) is 14.2. The molecule has 2 N–H and O–H groups in total. The van der Waals surface area contributed by atoms with E-state index in [9.17, 15) is 4.79 Å². The predicted octanol–water partition coefficient (Wildman–Crippen LogP) is 5.40.